The zero-order valence-corrected chi connectivity index (χ0v) is 12.4. The summed E-state index contributed by atoms with van der Waals surface area (Å²) in [6.07, 6.45) is 0. The molecule has 1 aromatic carbocycles. The van der Waals surface area contributed by atoms with Crippen LogP contribution in [0.5, 0.6) is 0 Å². The lowest BCUT2D eigenvalue weighted by molar-refractivity contribution is -0.384. The van der Waals surface area contributed by atoms with E-state index in [0.29, 0.717) is 5.56 Å². The van der Waals surface area contributed by atoms with Gasteiger partial charge in [0.05, 0.1) is 23.6 Å². The van der Waals surface area contributed by atoms with Crippen LogP contribution in [0.15, 0.2) is 24.3 Å². The molecule has 0 aliphatic heterocycles. The number of nitrogens with zero attached hydrogens (tertiary/aromatic N) is 1. The van der Waals surface area contributed by atoms with Gasteiger partial charge in [-0.1, -0.05) is 26.0 Å². The maximum absolute atomic E-state index is 11.9. The van der Waals surface area contributed by atoms with Crippen molar-refractivity contribution in [1.82, 2.24) is 10.6 Å². The summed E-state index contributed by atoms with van der Waals surface area (Å²) in [5.74, 6) is 0.105. The molecule has 0 aliphatic carbocycles. The van der Waals surface area contributed by atoms with Crippen LogP contribution in [0.25, 0.3) is 0 Å². The Morgan fingerprint density at radius 3 is 2.52 bits per heavy atom. The largest absolute Gasteiger partial charge is 0.394 e. The number of amides is 2. The number of aliphatic hydroxyl groups excluding tert-OH is 1. The van der Waals surface area contributed by atoms with Gasteiger partial charge in [-0.3, -0.25) is 10.1 Å². The van der Waals surface area contributed by atoms with Gasteiger partial charge in [0.2, 0.25) is 0 Å². The van der Waals surface area contributed by atoms with Crippen LogP contribution < -0.4 is 10.6 Å². The van der Waals surface area contributed by atoms with Crippen molar-refractivity contribution in [1.29, 1.82) is 0 Å². The fraction of sp³-hybridized carbons (Fsp3) is 0.500. The van der Waals surface area contributed by atoms with Gasteiger partial charge >= 0.3 is 6.03 Å². The first kappa shape index (κ1) is 16.9. The van der Waals surface area contributed by atoms with Crippen molar-refractivity contribution in [2.45, 2.75) is 32.9 Å². The van der Waals surface area contributed by atoms with Gasteiger partial charge in [-0.15, -0.1) is 0 Å². The fourth-order valence-corrected chi connectivity index (χ4v) is 1.82. The van der Waals surface area contributed by atoms with E-state index in [9.17, 15) is 20.0 Å². The topological polar surface area (TPSA) is 104 Å². The van der Waals surface area contributed by atoms with Crippen LogP contribution in [0.1, 0.15) is 32.4 Å². The Hall–Kier alpha value is -2.15. The van der Waals surface area contributed by atoms with Gasteiger partial charge in [-0.05, 0) is 18.4 Å². The number of carbonyl (C=O) groups is 1. The van der Waals surface area contributed by atoms with Crippen molar-refractivity contribution in [2.75, 3.05) is 6.61 Å². The molecule has 0 saturated heterocycles. The van der Waals surface area contributed by atoms with Crippen molar-refractivity contribution in [3.8, 4) is 0 Å². The molecule has 2 amide bonds. The average Bonchev–Trinajstić information content (AvgIpc) is 2.44. The van der Waals surface area contributed by atoms with Gasteiger partial charge in [0.25, 0.3) is 5.69 Å². The van der Waals surface area contributed by atoms with E-state index in [4.69, 9.17) is 0 Å². The van der Waals surface area contributed by atoms with Crippen LogP contribution in [0, 0.1) is 16.0 Å². The van der Waals surface area contributed by atoms with Gasteiger partial charge < -0.3 is 15.7 Å². The second-order valence-electron chi connectivity index (χ2n) is 5.22. The fourth-order valence-electron chi connectivity index (χ4n) is 1.82. The van der Waals surface area contributed by atoms with E-state index in [0.717, 1.165) is 0 Å². The second-order valence-corrected chi connectivity index (χ2v) is 5.22. The van der Waals surface area contributed by atoms with E-state index in [1.807, 2.05) is 13.8 Å². The predicted octanol–water partition coefficient (Wildman–Crippen LogP) is 1.97. The minimum atomic E-state index is -0.475. The second kappa shape index (κ2) is 7.58. The molecule has 7 heteroatoms. The van der Waals surface area contributed by atoms with E-state index in [-0.39, 0.29) is 30.3 Å². The molecule has 0 bridgehead atoms. The van der Waals surface area contributed by atoms with Gasteiger partial charge in [0, 0.05) is 12.1 Å². The van der Waals surface area contributed by atoms with E-state index in [1.165, 1.54) is 12.1 Å². The lowest BCUT2D eigenvalue weighted by Gasteiger charge is -2.22. The highest BCUT2D eigenvalue weighted by atomic mass is 16.6. The zero-order chi connectivity index (χ0) is 16.0. The van der Waals surface area contributed by atoms with E-state index in [1.54, 1.807) is 19.1 Å². The summed E-state index contributed by atoms with van der Waals surface area (Å²) < 4.78 is 0. The van der Waals surface area contributed by atoms with Crippen molar-refractivity contribution < 1.29 is 14.8 Å². The molecule has 116 valence electrons. The summed E-state index contributed by atoms with van der Waals surface area (Å²) in [7, 11) is 0. The average molecular weight is 295 g/mol. The summed E-state index contributed by atoms with van der Waals surface area (Å²) >= 11 is 0. The molecule has 21 heavy (non-hydrogen) atoms. The summed E-state index contributed by atoms with van der Waals surface area (Å²) in [5, 5.41) is 25.3. The monoisotopic (exact) mass is 295 g/mol. The van der Waals surface area contributed by atoms with E-state index in [2.05, 4.69) is 10.6 Å². The first-order valence-electron chi connectivity index (χ1n) is 6.77. The molecule has 0 heterocycles. The Kier molecular flexibility index (Phi) is 6.10. The normalized spacial score (nSPS) is 13.6. The molecule has 0 unspecified atom stereocenters. The molecule has 7 nitrogen and oxygen atoms in total. The maximum Gasteiger partial charge on any atom is 0.315 e. The number of rotatable bonds is 6. The highest BCUT2D eigenvalue weighted by molar-refractivity contribution is 5.74. The number of urea groups is 1. The van der Waals surface area contributed by atoms with Crippen LogP contribution >= 0.6 is 0 Å². The van der Waals surface area contributed by atoms with Crippen molar-refractivity contribution in [3.63, 3.8) is 0 Å². The standard InChI is InChI=1S/C14H21N3O4/c1-9(2)13(8-18)16-14(19)15-10(3)11-5-4-6-12(7-11)17(20)21/h4-7,9-10,13,18H,8H2,1-3H3,(H2,15,16,19)/t10-,13+/m0/s1. The number of hydrogen-bond acceptors (Lipinski definition) is 4. The summed E-state index contributed by atoms with van der Waals surface area (Å²) in [6, 6.07) is 4.99. The minimum absolute atomic E-state index is 0.0167. The molecule has 3 N–H and O–H groups in total. The number of nitro benzene ring substituents is 1. The quantitative estimate of drug-likeness (QED) is 0.551. The predicted molar refractivity (Wildman–Crippen MR) is 78.9 cm³/mol. The molecule has 0 saturated carbocycles. The van der Waals surface area contributed by atoms with Crippen LogP contribution in [0.2, 0.25) is 0 Å². The molecule has 2 atom stereocenters. The summed E-state index contributed by atoms with van der Waals surface area (Å²) in [4.78, 5) is 22.1. The number of non-ortho nitro benzene ring substituents is 1. The third kappa shape index (κ3) is 5.03. The molecule has 0 radical (unpaired) electrons. The molecule has 1 rings (SSSR count). The molecule has 0 aromatic heterocycles. The number of benzene rings is 1. The van der Waals surface area contributed by atoms with Crippen LogP contribution in [0.3, 0.4) is 0 Å². The number of nitrogens with one attached hydrogen (secondary N) is 2. The molecular weight excluding hydrogens is 274 g/mol. The number of carbonyl (C=O) groups excluding carboxylic acids is 1. The molecular formula is C14H21N3O4. The van der Waals surface area contributed by atoms with E-state index < -0.39 is 11.0 Å². The first-order chi connectivity index (χ1) is 9.85. The maximum atomic E-state index is 11.9. The Labute approximate surface area is 123 Å². The highest BCUT2D eigenvalue weighted by Gasteiger charge is 2.17. The summed E-state index contributed by atoms with van der Waals surface area (Å²) in [5.41, 5.74) is 0.626. The highest BCUT2D eigenvalue weighted by Crippen LogP contribution is 2.18. The SMILES string of the molecule is CC(C)[C@@H](CO)NC(=O)N[C@@H](C)c1cccc([N+](=O)[O-])c1. The van der Waals surface area contributed by atoms with Crippen LogP contribution in [-0.2, 0) is 0 Å². The number of hydrogen-bond donors (Lipinski definition) is 3. The molecule has 0 aliphatic rings. The van der Waals surface area contributed by atoms with Crippen LogP contribution in [-0.4, -0.2) is 28.7 Å². The first-order valence-corrected chi connectivity index (χ1v) is 6.77. The van der Waals surface area contributed by atoms with Gasteiger partial charge in [-0.2, -0.15) is 0 Å². The molecule has 1 aromatic rings. The van der Waals surface area contributed by atoms with Gasteiger partial charge in [0.1, 0.15) is 0 Å². The van der Waals surface area contributed by atoms with Crippen LogP contribution in [0.4, 0.5) is 10.5 Å². The van der Waals surface area contributed by atoms with Gasteiger partial charge in [0.15, 0.2) is 0 Å². The molecule has 0 fully saturated rings. The lowest BCUT2D eigenvalue weighted by atomic mass is 10.1. The third-order valence-corrected chi connectivity index (χ3v) is 3.25. The Bertz CT molecular complexity index is 505. The smallest absolute Gasteiger partial charge is 0.315 e. The third-order valence-electron chi connectivity index (χ3n) is 3.25. The Balaban J connectivity index is 2.68. The Morgan fingerprint density at radius 1 is 1.33 bits per heavy atom. The number of nitro groups is 1. The van der Waals surface area contributed by atoms with E-state index >= 15 is 0 Å². The summed E-state index contributed by atoms with van der Waals surface area (Å²) in [6.45, 7) is 5.38. The molecule has 0 spiro atoms. The zero-order valence-electron chi connectivity index (χ0n) is 12.4. The van der Waals surface area contributed by atoms with Crippen molar-refractivity contribution >= 4 is 11.7 Å². The van der Waals surface area contributed by atoms with Gasteiger partial charge in [-0.25, -0.2) is 4.79 Å². The number of aliphatic hydroxyl groups is 1. The van der Waals surface area contributed by atoms with Crippen molar-refractivity contribution in [3.05, 3.63) is 39.9 Å². The van der Waals surface area contributed by atoms with Crippen molar-refractivity contribution in [2.24, 2.45) is 5.92 Å². The lowest BCUT2D eigenvalue weighted by Crippen LogP contribution is -2.46. The Morgan fingerprint density at radius 2 is 2.00 bits per heavy atom. The minimum Gasteiger partial charge on any atom is -0.394 e.